The van der Waals surface area contributed by atoms with Crippen LogP contribution < -0.4 is 0 Å². The van der Waals surface area contributed by atoms with Crippen LogP contribution in [-0.4, -0.2) is 18.6 Å². The summed E-state index contributed by atoms with van der Waals surface area (Å²) in [4.78, 5) is 0.0680. The van der Waals surface area contributed by atoms with Gasteiger partial charge in [0.05, 0.1) is 10.6 Å². The summed E-state index contributed by atoms with van der Waals surface area (Å²) < 4.78 is 22.8. The minimum atomic E-state index is -3.77. The van der Waals surface area contributed by atoms with Crippen LogP contribution in [-0.2, 0) is 9.05 Å². The van der Waals surface area contributed by atoms with Gasteiger partial charge in [0.2, 0.25) is 0 Å². The summed E-state index contributed by atoms with van der Waals surface area (Å²) >= 11 is 5.64. The van der Waals surface area contributed by atoms with E-state index in [0.29, 0.717) is 16.8 Å². The van der Waals surface area contributed by atoms with E-state index >= 15 is 0 Å². The first-order chi connectivity index (χ1) is 8.38. The normalized spacial score (nSPS) is 11.5. The van der Waals surface area contributed by atoms with Crippen molar-refractivity contribution in [3.63, 3.8) is 0 Å². The zero-order chi connectivity index (χ0) is 13.3. The second kappa shape index (κ2) is 4.84. The van der Waals surface area contributed by atoms with Gasteiger partial charge in [-0.05, 0) is 30.7 Å². The minimum absolute atomic E-state index is 0.0680. The molecular weight excluding hydrogens is 295 g/mol. The Kier molecular flexibility index (Phi) is 3.56. The maximum Gasteiger partial charge on any atom is 0.261 e. The van der Waals surface area contributed by atoms with E-state index in [4.69, 9.17) is 22.3 Å². The molecule has 18 heavy (non-hydrogen) atoms. The average Bonchev–Trinajstić information content (AvgIpc) is 2.29. The van der Waals surface area contributed by atoms with Crippen molar-refractivity contribution in [2.24, 2.45) is 0 Å². The Morgan fingerprint density at radius 3 is 2.39 bits per heavy atom. The number of nitrogens with zero attached hydrogens (tertiary/aromatic N) is 2. The Bertz CT molecular complexity index is 685. The highest BCUT2D eigenvalue weighted by molar-refractivity contribution is 8.13. The first-order valence-electron chi connectivity index (χ1n) is 4.93. The number of aryl methyl sites for hydroxylation is 1. The highest BCUT2D eigenvalue weighted by Gasteiger charge is 2.15. The minimum Gasteiger partial charge on any atom is -0.207 e. The van der Waals surface area contributed by atoms with Gasteiger partial charge in [0.1, 0.15) is 0 Å². The van der Waals surface area contributed by atoms with Crippen LogP contribution in [0.2, 0.25) is 5.15 Å². The van der Waals surface area contributed by atoms with Crippen molar-refractivity contribution >= 4 is 31.3 Å². The molecule has 94 valence electrons. The van der Waals surface area contributed by atoms with Crippen LogP contribution >= 0.6 is 22.3 Å². The maximum atomic E-state index is 11.4. The Morgan fingerprint density at radius 1 is 1.11 bits per heavy atom. The van der Waals surface area contributed by atoms with Gasteiger partial charge in [0.25, 0.3) is 9.05 Å². The van der Waals surface area contributed by atoms with Gasteiger partial charge in [-0.2, -0.15) is 0 Å². The molecule has 4 nitrogen and oxygen atoms in total. The summed E-state index contributed by atoms with van der Waals surface area (Å²) in [5, 5.41) is 7.86. The maximum absolute atomic E-state index is 11.4. The van der Waals surface area contributed by atoms with Crippen LogP contribution in [0.4, 0.5) is 0 Å². The average molecular weight is 303 g/mol. The van der Waals surface area contributed by atoms with Gasteiger partial charge in [-0.15, -0.1) is 10.2 Å². The zero-order valence-electron chi connectivity index (χ0n) is 9.26. The molecule has 0 atom stereocenters. The van der Waals surface area contributed by atoms with E-state index in [0.717, 1.165) is 0 Å². The van der Waals surface area contributed by atoms with Gasteiger partial charge < -0.3 is 0 Å². The van der Waals surface area contributed by atoms with E-state index in [2.05, 4.69) is 10.2 Å². The van der Waals surface area contributed by atoms with Crippen molar-refractivity contribution in [3.8, 4) is 11.3 Å². The summed E-state index contributed by atoms with van der Waals surface area (Å²) in [7, 11) is 1.59. The molecule has 0 fully saturated rings. The second-order valence-electron chi connectivity index (χ2n) is 3.66. The van der Waals surface area contributed by atoms with Gasteiger partial charge in [-0.3, -0.25) is 0 Å². The van der Waals surface area contributed by atoms with Gasteiger partial charge >= 0.3 is 0 Å². The Labute approximate surface area is 114 Å². The van der Waals surface area contributed by atoms with Crippen molar-refractivity contribution in [3.05, 3.63) is 41.0 Å². The standard InChI is InChI=1S/C11H8Cl2N2O2S/c1-7-2-3-8(6-10(7)18(13,16)17)9-4-5-11(12)15-14-9/h2-6H,1H3. The number of benzene rings is 1. The summed E-state index contributed by atoms with van der Waals surface area (Å²) in [6.07, 6.45) is 0. The van der Waals surface area contributed by atoms with Crippen molar-refractivity contribution < 1.29 is 8.42 Å². The monoisotopic (exact) mass is 302 g/mol. The molecule has 0 bridgehead atoms. The topological polar surface area (TPSA) is 59.9 Å². The number of aromatic nitrogens is 2. The summed E-state index contributed by atoms with van der Waals surface area (Å²) in [5.74, 6) is 0. The smallest absolute Gasteiger partial charge is 0.207 e. The molecule has 1 aromatic heterocycles. The predicted octanol–water partition coefficient (Wildman–Crippen LogP) is 3.03. The molecule has 0 N–H and O–H groups in total. The second-order valence-corrected chi connectivity index (χ2v) is 6.58. The molecule has 1 heterocycles. The highest BCUT2D eigenvalue weighted by Crippen LogP contribution is 2.26. The van der Waals surface area contributed by atoms with E-state index in [9.17, 15) is 8.42 Å². The third-order valence-electron chi connectivity index (χ3n) is 2.38. The first-order valence-corrected chi connectivity index (χ1v) is 7.61. The number of rotatable bonds is 2. The lowest BCUT2D eigenvalue weighted by Crippen LogP contribution is -1.96. The summed E-state index contributed by atoms with van der Waals surface area (Å²) in [5.41, 5.74) is 1.72. The third-order valence-corrected chi connectivity index (χ3v) is 4.04. The predicted molar refractivity (Wildman–Crippen MR) is 70.3 cm³/mol. The van der Waals surface area contributed by atoms with Crippen molar-refractivity contribution in [1.29, 1.82) is 0 Å². The quantitative estimate of drug-likeness (QED) is 0.800. The Morgan fingerprint density at radius 2 is 1.83 bits per heavy atom. The molecule has 2 rings (SSSR count). The van der Waals surface area contributed by atoms with Crippen LogP contribution in [0.1, 0.15) is 5.56 Å². The SMILES string of the molecule is Cc1ccc(-c2ccc(Cl)nn2)cc1S(=O)(=O)Cl. The van der Waals surface area contributed by atoms with Crippen LogP contribution in [0, 0.1) is 6.92 Å². The number of hydrogen-bond donors (Lipinski definition) is 0. The van der Waals surface area contributed by atoms with Crippen molar-refractivity contribution in [1.82, 2.24) is 10.2 Å². The third kappa shape index (κ3) is 2.80. The van der Waals surface area contributed by atoms with Crippen molar-refractivity contribution in [2.45, 2.75) is 11.8 Å². The van der Waals surface area contributed by atoms with Gasteiger partial charge in [0, 0.05) is 16.2 Å². The van der Waals surface area contributed by atoms with E-state index in [1.165, 1.54) is 6.07 Å². The lowest BCUT2D eigenvalue weighted by atomic mass is 10.1. The lowest BCUT2D eigenvalue weighted by Gasteiger charge is -2.05. The summed E-state index contributed by atoms with van der Waals surface area (Å²) in [6.45, 7) is 1.67. The number of hydrogen-bond acceptors (Lipinski definition) is 4. The fraction of sp³-hybridized carbons (Fsp3) is 0.0909. The summed E-state index contributed by atoms with van der Waals surface area (Å²) in [6, 6.07) is 8.12. The van der Waals surface area contributed by atoms with E-state index in [-0.39, 0.29) is 10.0 Å². The molecular formula is C11H8Cl2N2O2S. The molecule has 0 radical (unpaired) electrons. The lowest BCUT2D eigenvalue weighted by molar-refractivity contribution is 0.609. The molecule has 7 heteroatoms. The molecule has 0 aliphatic heterocycles. The largest absolute Gasteiger partial charge is 0.261 e. The molecule has 0 unspecified atom stereocenters. The van der Waals surface area contributed by atoms with Crippen molar-refractivity contribution in [2.75, 3.05) is 0 Å². The van der Waals surface area contributed by atoms with E-state index < -0.39 is 9.05 Å². The fourth-order valence-electron chi connectivity index (χ4n) is 1.49. The molecule has 1 aromatic carbocycles. The number of halogens is 2. The molecule has 0 aliphatic rings. The first kappa shape index (κ1) is 13.3. The molecule has 0 saturated carbocycles. The Hall–Kier alpha value is -1.17. The van der Waals surface area contributed by atoms with Crippen LogP contribution in [0.3, 0.4) is 0 Å². The highest BCUT2D eigenvalue weighted by atomic mass is 35.7. The molecule has 0 aliphatic carbocycles. The molecule has 0 saturated heterocycles. The van der Waals surface area contributed by atoms with Crippen LogP contribution in [0.25, 0.3) is 11.3 Å². The van der Waals surface area contributed by atoms with E-state index in [1.54, 1.807) is 31.2 Å². The van der Waals surface area contributed by atoms with Gasteiger partial charge in [0.15, 0.2) is 5.15 Å². The zero-order valence-corrected chi connectivity index (χ0v) is 11.6. The van der Waals surface area contributed by atoms with Crippen LogP contribution in [0.5, 0.6) is 0 Å². The fourth-order valence-corrected chi connectivity index (χ4v) is 2.81. The molecule has 0 amide bonds. The van der Waals surface area contributed by atoms with Crippen LogP contribution in [0.15, 0.2) is 35.2 Å². The van der Waals surface area contributed by atoms with Gasteiger partial charge in [-0.25, -0.2) is 8.42 Å². The Balaban J connectivity index is 2.57. The van der Waals surface area contributed by atoms with E-state index in [1.807, 2.05) is 0 Å². The molecule has 0 spiro atoms. The molecule has 2 aromatic rings. The van der Waals surface area contributed by atoms with Gasteiger partial charge in [-0.1, -0.05) is 23.7 Å².